The van der Waals surface area contributed by atoms with Crippen molar-refractivity contribution in [2.75, 3.05) is 18.1 Å². The van der Waals surface area contributed by atoms with Gasteiger partial charge in [0.15, 0.2) is 0 Å². The Morgan fingerprint density at radius 3 is 2.95 bits per heavy atom. The van der Waals surface area contributed by atoms with Crippen LogP contribution in [0, 0.1) is 5.41 Å². The van der Waals surface area contributed by atoms with Crippen LogP contribution in [0.25, 0.3) is 0 Å². The summed E-state index contributed by atoms with van der Waals surface area (Å²) in [5.41, 5.74) is -0.291. The Hall–Kier alpha value is -1.85. The van der Waals surface area contributed by atoms with E-state index in [1.54, 1.807) is 6.07 Å². The van der Waals surface area contributed by atoms with E-state index in [1.165, 1.54) is 6.33 Å². The maximum Gasteiger partial charge on any atom is 0.326 e. The monoisotopic (exact) mass is 279 g/mol. The van der Waals surface area contributed by atoms with Crippen molar-refractivity contribution < 1.29 is 14.6 Å². The fraction of sp³-hybridized carbons (Fsp3) is 0.643. The molecule has 0 aromatic carbocycles. The SMILES string of the molecule is CCOc1cc(N2CCCC(C)(C)C2C(=O)O)ncn1. The van der Waals surface area contributed by atoms with Gasteiger partial charge in [-0.3, -0.25) is 0 Å². The molecule has 1 atom stereocenters. The molecule has 2 heterocycles. The third-order valence-electron chi connectivity index (χ3n) is 3.72. The highest BCUT2D eigenvalue weighted by atomic mass is 16.5. The average Bonchev–Trinajstić information content (AvgIpc) is 2.37. The van der Waals surface area contributed by atoms with Crippen molar-refractivity contribution in [1.29, 1.82) is 0 Å². The highest BCUT2D eigenvalue weighted by Crippen LogP contribution is 2.37. The van der Waals surface area contributed by atoms with Gasteiger partial charge in [0.1, 0.15) is 18.2 Å². The molecule has 6 heteroatoms. The number of piperidine rings is 1. The molecule has 1 aliphatic rings. The van der Waals surface area contributed by atoms with Crippen LogP contribution in [0.5, 0.6) is 5.88 Å². The number of carboxylic acid groups (broad SMARTS) is 1. The minimum Gasteiger partial charge on any atom is -0.480 e. The molecule has 0 bridgehead atoms. The van der Waals surface area contributed by atoms with Crippen LogP contribution in [0.3, 0.4) is 0 Å². The molecule has 0 saturated carbocycles. The zero-order valence-electron chi connectivity index (χ0n) is 12.2. The van der Waals surface area contributed by atoms with Crippen LogP contribution < -0.4 is 9.64 Å². The van der Waals surface area contributed by atoms with E-state index in [4.69, 9.17) is 4.74 Å². The molecule has 1 aromatic heterocycles. The summed E-state index contributed by atoms with van der Waals surface area (Å²) >= 11 is 0. The number of rotatable bonds is 4. The first-order valence-corrected chi connectivity index (χ1v) is 6.90. The Kier molecular flexibility index (Phi) is 4.11. The molecule has 0 amide bonds. The summed E-state index contributed by atoms with van der Waals surface area (Å²) < 4.78 is 5.36. The lowest BCUT2D eigenvalue weighted by Crippen LogP contribution is -2.54. The maximum atomic E-state index is 11.6. The van der Waals surface area contributed by atoms with Crippen LogP contribution in [0.1, 0.15) is 33.6 Å². The number of hydrogen-bond donors (Lipinski definition) is 1. The summed E-state index contributed by atoms with van der Waals surface area (Å²) in [6.07, 6.45) is 3.26. The predicted molar refractivity (Wildman–Crippen MR) is 75.0 cm³/mol. The molecule has 0 spiro atoms. The lowest BCUT2D eigenvalue weighted by molar-refractivity contribution is -0.142. The molecule has 0 aliphatic carbocycles. The molecule has 1 unspecified atom stereocenters. The van der Waals surface area contributed by atoms with Crippen LogP contribution in [-0.4, -0.2) is 40.2 Å². The maximum absolute atomic E-state index is 11.6. The molecule has 1 saturated heterocycles. The second-order valence-corrected chi connectivity index (χ2v) is 5.67. The highest BCUT2D eigenvalue weighted by Gasteiger charge is 2.43. The Balaban J connectivity index is 2.33. The molecule has 1 N–H and O–H groups in total. The number of carbonyl (C=O) groups is 1. The van der Waals surface area contributed by atoms with Crippen molar-refractivity contribution in [3.05, 3.63) is 12.4 Å². The van der Waals surface area contributed by atoms with Gasteiger partial charge in [-0.05, 0) is 25.2 Å². The van der Waals surface area contributed by atoms with Crippen LogP contribution in [0.2, 0.25) is 0 Å². The van der Waals surface area contributed by atoms with E-state index in [1.807, 2.05) is 25.7 Å². The second-order valence-electron chi connectivity index (χ2n) is 5.67. The summed E-state index contributed by atoms with van der Waals surface area (Å²) in [6.45, 7) is 7.06. The zero-order chi connectivity index (χ0) is 14.8. The number of anilines is 1. The third kappa shape index (κ3) is 2.84. The van der Waals surface area contributed by atoms with E-state index >= 15 is 0 Å². The Morgan fingerprint density at radius 2 is 2.30 bits per heavy atom. The van der Waals surface area contributed by atoms with E-state index in [-0.39, 0.29) is 5.41 Å². The molecule has 0 radical (unpaired) electrons. The standard InChI is InChI=1S/C14H21N3O3/c1-4-20-11-8-10(15-9-16-11)17-7-5-6-14(2,3)12(17)13(18)19/h8-9,12H,4-7H2,1-3H3,(H,18,19). The summed E-state index contributed by atoms with van der Waals surface area (Å²) in [5.74, 6) is 0.278. The molecule has 1 fully saturated rings. The minimum atomic E-state index is -0.814. The van der Waals surface area contributed by atoms with Crippen LogP contribution in [-0.2, 0) is 4.79 Å². The van der Waals surface area contributed by atoms with Crippen molar-refractivity contribution in [3.8, 4) is 5.88 Å². The quantitative estimate of drug-likeness (QED) is 0.908. The Morgan fingerprint density at radius 1 is 1.55 bits per heavy atom. The largest absolute Gasteiger partial charge is 0.480 e. The van der Waals surface area contributed by atoms with Gasteiger partial charge in [-0.2, -0.15) is 0 Å². The van der Waals surface area contributed by atoms with Gasteiger partial charge in [-0.1, -0.05) is 13.8 Å². The van der Waals surface area contributed by atoms with E-state index in [9.17, 15) is 9.90 Å². The molecular formula is C14H21N3O3. The first-order valence-electron chi connectivity index (χ1n) is 6.90. The molecule has 110 valence electrons. The van der Waals surface area contributed by atoms with Crippen LogP contribution in [0.4, 0.5) is 5.82 Å². The van der Waals surface area contributed by atoms with Crippen molar-refractivity contribution in [1.82, 2.24) is 9.97 Å². The van der Waals surface area contributed by atoms with Gasteiger partial charge in [0, 0.05) is 12.6 Å². The highest BCUT2D eigenvalue weighted by molar-refractivity contribution is 5.79. The second kappa shape index (κ2) is 5.64. The van der Waals surface area contributed by atoms with E-state index < -0.39 is 12.0 Å². The molecule has 20 heavy (non-hydrogen) atoms. The fourth-order valence-corrected chi connectivity index (χ4v) is 2.82. The molecular weight excluding hydrogens is 258 g/mol. The third-order valence-corrected chi connectivity index (χ3v) is 3.72. The lowest BCUT2D eigenvalue weighted by Gasteiger charge is -2.44. The van der Waals surface area contributed by atoms with Gasteiger partial charge in [0.2, 0.25) is 5.88 Å². The number of carboxylic acids is 1. The Bertz CT molecular complexity index is 490. The molecule has 1 aromatic rings. The number of aliphatic carboxylic acids is 1. The average molecular weight is 279 g/mol. The number of ether oxygens (including phenoxy) is 1. The first-order chi connectivity index (χ1) is 9.45. The van der Waals surface area contributed by atoms with Crippen molar-refractivity contribution >= 4 is 11.8 Å². The van der Waals surface area contributed by atoms with Crippen molar-refractivity contribution in [2.45, 2.75) is 39.7 Å². The van der Waals surface area contributed by atoms with Gasteiger partial charge < -0.3 is 14.7 Å². The molecule has 2 rings (SSSR count). The van der Waals surface area contributed by atoms with Crippen molar-refractivity contribution in [2.24, 2.45) is 5.41 Å². The van der Waals surface area contributed by atoms with E-state index in [0.29, 0.717) is 24.8 Å². The van der Waals surface area contributed by atoms with Gasteiger partial charge in [-0.25, -0.2) is 14.8 Å². The van der Waals surface area contributed by atoms with Gasteiger partial charge >= 0.3 is 5.97 Å². The lowest BCUT2D eigenvalue weighted by atomic mass is 9.76. The van der Waals surface area contributed by atoms with Crippen molar-refractivity contribution in [3.63, 3.8) is 0 Å². The Labute approximate surface area is 118 Å². The zero-order valence-corrected chi connectivity index (χ0v) is 12.2. The number of aromatic nitrogens is 2. The topological polar surface area (TPSA) is 75.5 Å². The number of nitrogens with zero attached hydrogens (tertiary/aromatic N) is 3. The van der Waals surface area contributed by atoms with Gasteiger partial charge in [0.25, 0.3) is 0 Å². The predicted octanol–water partition coefficient (Wildman–Crippen LogP) is 1.95. The first kappa shape index (κ1) is 14.6. The summed E-state index contributed by atoms with van der Waals surface area (Å²) in [5, 5.41) is 9.56. The van der Waals surface area contributed by atoms with Gasteiger partial charge in [0.05, 0.1) is 6.61 Å². The van der Waals surface area contributed by atoms with E-state index in [2.05, 4.69) is 9.97 Å². The van der Waals surface area contributed by atoms with Crippen LogP contribution >= 0.6 is 0 Å². The molecule has 1 aliphatic heterocycles. The normalized spacial score (nSPS) is 21.6. The fourth-order valence-electron chi connectivity index (χ4n) is 2.82. The minimum absolute atomic E-state index is 0.291. The summed E-state index contributed by atoms with van der Waals surface area (Å²) in [4.78, 5) is 21.7. The van der Waals surface area contributed by atoms with Crippen LogP contribution in [0.15, 0.2) is 12.4 Å². The summed E-state index contributed by atoms with van der Waals surface area (Å²) in [7, 11) is 0. The number of hydrogen-bond acceptors (Lipinski definition) is 5. The molecule has 6 nitrogen and oxygen atoms in total. The van der Waals surface area contributed by atoms with Gasteiger partial charge in [-0.15, -0.1) is 0 Å². The summed E-state index contributed by atoms with van der Waals surface area (Å²) in [6, 6.07) is 1.13. The van der Waals surface area contributed by atoms with E-state index in [0.717, 1.165) is 12.8 Å². The smallest absolute Gasteiger partial charge is 0.326 e.